The van der Waals surface area contributed by atoms with Crippen LogP contribution in [0.4, 0.5) is 11.5 Å². The standard InChI is InChI=1S/C16H11BrN2O2/c17-13-6-7-14(12-4-2-1-3-11(12)13)19-15-8-5-10(9-18-15)16(20)21/h1-9H,(H,18,19)(H,20,21). The summed E-state index contributed by atoms with van der Waals surface area (Å²) in [4.78, 5) is 14.9. The Bertz CT molecular complexity index is 816. The summed E-state index contributed by atoms with van der Waals surface area (Å²) in [7, 11) is 0. The number of hydrogen-bond donors (Lipinski definition) is 2. The molecular weight excluding hydrogens is 332 g/mol. The molecule has 0 aliphatic heterocycles. The minimum Gasteiger partial charge on any atom is -0.478 e. The van der Waals surface area contributed by atoms with Crippen LogP contribution in [0.2, 0.25) is 0 Å². The smallest absolute Gasteiger partial charge is 0.337 e. The Hall–Kier alpha value is -2.40. The average molecular weight is 343 g/mol. The van der Waals surface area contributed by atoms with Crippen LogP contribution in [0.1, 0.15) is 10.4 Å². The SMILES string of the molecule is O=C(O)c1ccc(Nc2ccc(Br)c3ccccc23)nc1. The van der Waals surface area contributed by atoms with E-state index in [1.807, 2.05) is 36.4 Å². The molecule has 0 aliphatic rings. The third kappa shape index (κ3) is 2.73. The molecule has 5 heteroatoms. The quantitative estimate of drug-likeness (QED) is 0.738. The molecular formula is C16H11BrN2O2. The highest BCUT2D eigenvalue weighted by Crippen LogP contribution is 2.31. The van der Waals surface area contributed by atoms with Gasteiger partial charge in [0.1, 0.15) is 5.82 Å². The molecule has 21 heavy (non-hydrogen) atoms. The van der Waals surface area contributed by atoms with E-state index in [-0.39, 0.29) is 5.56 Å². The molecule has 1 aromatic heterocycles. The fourth-order valence-electron chi connectivity index (χ4n) is 2.10. The number of fused-ring (bicyclic) bond motifs is 1. The van der Waals surface area contributed by atoms with E-state index >= 15 is 0 Å². The number of halogens is 1. The maximum absolute atomic E-state index is 10.8. The Labute approximate surface area is 129 Å². The average Bonchev–Trinajstić information content (AvgIpc) is 2.51. The Kier molecular flexibility index (Phi) is 3.58. The van der Waals surface area contributed by atoms with Crippen LogP contribution in [-0.2, 0) is 0 Å². The maximum Gasteiger partial charge on any atom is 0.337 e. The third-order valence-corrected chi connectivity index (χ3v) is 3.84. The fourth-order valence-corrected chi connectivity index (χ4v) is 2.58. The van der Waals surface area contributed by atoms with E-state index in [4.69, 9.17) is 5.11 Å². The minimum atomic E-state index is -0.983. The molecule has 0 atom stereocenters. The van der Waals surface area contributed by atoms with Crippen molar-refractivity contribution in [3.05, 3.63) is 64.8 Å². The molecule has 0 radical (unpaired) electrons. The lowest BCUT2D eigenvalue weighted by atomic mass is 10.1. The number of carboxylic acids is 1. The summed E-state index contributed by atoms with van der Waals surface area (Å²) in [6.07, 6.45) is 1.34. The second-order valence-electron chi connectivity index (χ2n) is 4.50. The summed E-state index contributed by atoms with van der Waals surface area (Å²) in [6, 6.07) is 15.1. The molecule has 0 amide bonds. The van der Waals surface area contributed by atoms with E-state index in [0.29, 0.717) is 5.82 Å². The first-order valence-electron chi connectivity index (χ1n) is 6.29. The molecule has 0 spiro atoms. The van der Waals surface area contributed by atoms with Crippen LogP contribution in [0.15, 0.2) is 59.2 Å². The second-order valence-corrected chi connectivity index (χ2v) is 5.36. The van der Waals surface area contributed by atoms with Gasteiger partial charge in [-0.25, -0.2) is 9.78 Å². The van der Waals surface area contributed by atoms with Gasteiger partial charge in [0.15, 0.2) is 0 Å². The summed E-state index contributed by atoms with van der Waals surface area (Å²) in [5.74, 6) is -0.379. The Morgan fingerprint density at radius 2 is 1.81 bits per heavy atom. The normalized spacial score (nSPS) is 10.5. The number of nitrogens with zero attached hydrogens (tertiary/aromatic N) is 1. The van der Waals surface area contributed by atoms with Crippen molar-refractivity contribution in [2.45, 2.75) is 0 Å². The second kappa shape index (κ2) is 5.54. The number of rotatable bonds is 3. The Balaban J connectivity index is 1.98. The van der Waals surface area contributed by atoms with Crippen molar-refractivity contribution in [1.29, 1.82) is 0 Å². The molecule has 0 aliphatic carbocycles. The molecule has 0 fully saturated rings. The summed E-state index contributed by atoms with van der Waals surface area (Å²) in [5.41, 5.74) is 1.09. The number of hydrogen-bond acceptors (Lipinski definition) is 3. The fraction of sp³-hybridized carbons (Fsp3) is 0. The largest absolute Gasteiger partial charge is 0.478 e. The zero-order valence-corrected chi connectivity index (χ0v) is 12.5. The highest BCUT2D eigenvalue weighted by atomic mass is 79.9. The number of nitrogens with one attached hydrogen (secondary N) is 1. The Morgan fingerprint density at radius 1 is 1.05 bits per heavy atom. The maximum atomic E-state index is 10.8. The van der Waals surface area contributed by atoms with Gasteiger partial charge in [0.25, 0.3) is 0 Å². The summed E-state index contributed by atoms with van der Waals surface area (Å²) >= 11 is 3.53. The van der Waals surface area contributed by atoms with E-state index in [2.05, 4.69) is 26.2 Å². The number of pyridine rings is 1. The van der Waals surface area contributed by atoms with Gasteiger partial charge >= 0.3 is 5.97 Å². The van der Waals surface area contributed by atoms with Crippen molar-refractivity contribution >= 4 is 44.2 Å². The van der Waals surface area contributed by atoms with E-state index < -0.39 is 5.97 Å². The summed E-state index contributed by atoms with van der Waals surface area (Å²) in [5, 5.41) is 14.3. The van der Waals surface area contributed by atoms with E-state index in [0.717, 1.165) is 20.9 Å². The van der Waals surface area contributed by atoms with E-state index in [1.165, 1.54) is 12.3 Å². The minimum absolute atomic E-state index is 0.168. The predicted molar refractivity (Wildman–Crippen MR) is 86.1 cm³/mol. The van der Waals surface area contributed by atoms with Gasteiger partial charge in [-0.2, -0.15) is 0 Å². The topological polar surface area (TPSA) is 62.2 Å². The van der Waals surface area contributed by atoms with Gasteiger partial charge in [-0.3, -0.25) is 0 Å². The van der Waals surface area contributed by atoms with Gasteiger partial charge in [0.2, 0.25) is 0 Å². The van der Waals surface area contributed by atoms with Gasteiger partial charge in [-0.15, -0.1) is 0 Å². The van der Waals surface area contributed by atoms with Gasteiger partial charge in [-0.1, -0.05) is 40.2 Å². The van der Waals surface area contributed by atoms with Crippen LogP contribution in [0.5, 0.6) is 0 Å². The van der Waals surface area contributed by atoms with E-state index in [1.54, 1.807) is 6.07 Å². The van der Waals surface area contributed by atoms with Crippen molar-refractivity contribution in [1.82, 2.24) is 4.98 Å². The first-order chi connectivity index (χ1) is 10.1. The molecule has 3 rings (SSSR count). The van der Waals surface area contributed by atoms with Crippen molar-refractivity contribution in [3.63, 3.8) is 0 Å². The number of aromatic carboxylic acids is 1. The molecule has 2 aromatic carbocycles. The van der Waals surface area contributed by atoms with Gasteiger partial charge in [0, 0.05) is 21.7 Å². The zero-order chi connectivity index (χ0) is 14.8. The molecule has 0 saturated carbocycles. The molecule has 4 nitrogen and oxygen atoms in total. The lowest BCUT2D eigenvalue weighted by Crippen LogP contribution is -1.99. The summed E-state index contributed by atoms with van der Waals surface area (Å²) in [6.45, 7) is 0. The summed E-state index contributed by atoms with van der Waals surface area (Å²) < 4.78 is 1.03. The number of carbonyl (C=O) groups is 1. The molecule has 0 unspecified atom stereocenters. The first-order valence-corrected chi connectivity index (χ1v) is 7.08. The number of anilines is 2. The molecule has 0 bridgehead atoms. The van der Waals surface area contributed by atoms with E-state index in [9.17, 15) is 4.79 Å². The van der Waals surface area contributed by atoms with Gasteiger partial charge in [0.05, 0.1) is 5.56 Å². The first kappa shape index (κ1) is 13.6. The predicted octanol–water partition coefficient (Wildman–Crippen LogP) is 4.44. The van der Waals surface area contributed by atoms with Crippen molar-refractivity contribution in [2.24, 2.45) is 0 Å². The monoisotopic (exact) mass is 342 g/mol. The number of aromatic nitrogens is 1. The van der Waals surface area contributed by atoms with Crippen LogP contribution < -0.4 is 5.32 Å². The van der Waals surface area contributed by atoms with Crippen LogP contribution in [0.3, 0.4) is 0 Å². The highest BCUT2D eigenvalue weighted by Gasteiger charge is 2.06. The Morgan fingerprint density at radius 3 is 2.48 bits per heavy atom. The zero-order valence-electron chi connectivity index (χ0n) is 10.9. The molecule has 104 valence electrons. The van der Waals surface area contributed by atoms with Crippen molar-refractivity contribution in [2.75, 3.05) is 5.32 Å². The van der Waals surface area contributed by atoms with Crippen molar-refractivity contribution < 1.29 is 9.90 Å². The van der Waals surface area contributed by atoms with Gasteiger partial charge in [-0.05, 0) is 29.7 Å². The lowest BCUT2D eigenvalue weighted by Gasteiger charge is -2.10. The number of carboxylic acid groups (broad SMARTS) is 1. The molecule has 2 N–H and O–H groups in total. The van der Waals surface area contributed by atoms with Crippen LogP contribution in [0, 0.1) is 0 Å². The van der Waals surface area contributed by atoms with Crippen LogP contribution in [0.25, 0.3) is 10.8 Å². The van der Waals surface area contributed by atoms with Crippen molar-refractivity contribution in [3.8, 4) is 0 Å². The van der Waals surface area contributed by atoms with Crippen LogP contribution >= 0.6 is 15.9 Å². The molecule has 0 saturated heterocycles. The number of benzene rings is 2. The highest BCUT2D eigenvalue weighted by molar-refractivity contribution is 9.10. The molecule has 1 heterocycles. The van der Waals surface area contributed by atoms with Crippen LogP contribution in [-0.4, -0.2) is 16.1 Å². The lowest BCUT2D eigenvalue weighted by molar-refractivity contribution is 0.0696. The van der Waals surface area contributed by atoms with Gasteiger partial charge < -0.3 is 10.4 Å². The molecule has 3 aromatic rings. The third-order valence-electron chi connectivity index (χ3n) is 3.14.